The average molecular weight is 290 g/mol. The Morgan fingerprint density at radius 3 is 2.52 bits per heavy atom. The van der Waals surface area contributed by atoms with Gasteiger partial charge in [0.2, 0.25) is 5.91 Å². The zero-order chi connectivity index (χ0) is 15.4. The molecule has 1 saturated heterocycles. The second-order valence-electron chi connectivity index (χ2n) is 5.05. The number of anilines is 2. The molecule has 0 aliphatic carbocycles. The number of esters is 1. The standard InChI is InChI=1S/C16H22N2O3/c1-4-17(5-2)13-9-12(16(20)21-3)10-14(11-13)18-8-6-7-15(18)19/h9-11H,4-8H2,1-3H3. The van der Waals surface area contributed by atoms with E-state index in [9.17, 15) is 9.59 Å². The highest BCUT2D eigenvalue weighted by atomic mass is 16.5. The molecule has 0 N–H and O–H groups in total. The Balaban J connectivity index is 2.46. The van der Waals surface area contributed by atoms with Crippen LogP contribution in [-0.2, 0) is 9.53 Å². The molecule has 0 atom stereocenters. The zero-order valence-electron chi connectivity index (χ0n) is 12.9. The van der Waals surface area contributed by atoms with E-state index in [0.717, 1.165) is 30.9 Å². The molecule has 1 aliphatic rings. The summed E-state index contributed by atoms with van der Waals surface area (Å²) in [5.41, 5.74) is 2.21. The van der Waals surface area contributed by atoms with Gasteiger partial charge in [0.25, 0.3) is 0 Å². The van der Waals surface area contributed by atoms with Gasteiger partial charge in [-0.15, -0.1) is 0 Å². The van der Waals surface area contributed by atoms with Crippen LogP contribution in [0.3, 0.4) is 0 Å². The molecule has 0 aromatic heterocycles. The molecule has 2 rings (SSSR count). The van der Waals surface area contributed by atoms with E-state index in [4.69, 9.17) is 4.74 Å². The Labute approximate surface area is 125 Å². The summed E-state index contributed by atoms with van der Waals surface area (Å²) in [6.45, 7) is 6.52. The molecule has 21 heavy (non-hydrogen) atoms. The summed E-state index contributed by atoms with van der Waals surface area (Å²) in [6.07, 6.45) is 1.44. The van der Waals surface area contributed by atoms with Crippen molar-refractivity contribution in [3.8, 4) is 0 Å². The summed E-state index contributed by atoms with van der Waals surface area (Å²) in [5, 5.41) is 0. The molecule has 1 heterocycles. The van der Waals surface area contributed by atoms with Crippen molar-refractivity contribution in [2.45, 2.75) is 26.7 Å². The van der Waals surface area contributed by atoms with Crippen molar-refractivity contribution in [1.29, 1.82) is 0 Å². The highest BCUT2D eigenvalue weighted by molar-refractivity contribution is 5.98. The van der Waals surface area contributed by atoms with E-state index in [0.29, 0.717) is 18.5 Å². The van der Waals surface area contributed by atoms with Crippen LogP contribution in [0.1, 0.15) is 37.0 Å². The summed E-state index contributed by atoms with van der Waals surface area (Å²) in [7, 11) is 1.37. The fraction of sp³-hybridized carbons (Fsp3) is 0.500. The molecule has 1 aromatic rings. The minimum Gasteiger partial charge on any atom is -0.465 e. The van der Waals surface area contributed by atoms with Crippen LogP contribution in [0.25, 0.3) is 0 Å². The lowest BCUT2D eigenvalue weighted by Gasteiger charge is -2.24. The molecule has 1 aliphatic heterocycles. The van der Waals surface area contributed by atoms with E-state index >= 15 is 0 Å². The predicted octanol–water partition coefficient (Wildman–Crippen LogP) is 2.45. The number of methoxy groups -OCH3 is 1. The topological polar surface area (TPSA) is 49.9 Å². The summed E-state index contributed by atoms with van der Waals surface area (Å²) in [4.78, 5) is 27.7. The fourth-order valence-electron chi connectivity index (χ4n) is 2.68. The van der Waals surface area contributed by atoms with Gasteiger partial charge in [-0.2, -0.15) is 0 Å². The number of ether oxygens (including phenoxy) is 1. The Bertz CT molecular complexity index is 538. The maximum absolute atomic E-state index is 11.9. The minimum absolute atomic E-state index is 0.113. The van der Waals surface area contributed by atoms with Crippen molar-refractivity contribution in [2.75, 3.05) is 36.5 Å². The summed E-state index contributed by atoms with van der Waals surface area (Å²) >= 11 is 0. The van der Waals surface area contributed by atoms with Gasteiger partial charge < -0.3 is 14.5 Å². The molecule has 1 amide bonds. The smallest absolute Gasteiger partial charge is 0.337 e. The normalized spacial score (nSPS) is 14.4. The molecule has 0 radical (unpaired) electrons. The third-order valence-electron chi connectivity index (χ3n) is 3.84. The molecular weight excluding hydrogens is 268 g/mol. The first-order valence-electron chi connectivity index (χ1n) is 7.39. The van der Waals surface area contributed by atoms with Crippen LogP contribution >= 0.6 is 0 Å². The molecule has 0 saturated carbocycles. The van der Waals surface area contributed by atoms with Gasteiger partial charge in [0, 0.05) is 37.4 Å². The highest BCUT2D eigenvalue weighted by Gasteiger charge is 2.23. The lowest BCUT2D eigenvalue weighted by atomic mass is 10.1. The maximum Gasteiger partial charge on any atom is 0.337 e. The van der Waals surface area contributed by atoms with E-state index in [-0.39, 0.29) is 11.9 Å². The minimum atomic E-state index is -0.378. The molecule has 114 valence electrons. The molecule has 0 bridgehead atoms. The second-order valence-corrected chi connectivity index (χ2v) is 5.05. The first kappa shape index (κ1) is 15.4. The largest absolute Gasteiger partial charge is 0.465 e. The van der Waals surface area contributed by atoms with Gasteiger partial charge in [-0.05, 0) is 38.5 Å². The Kier molecular flexibility index (Phi) is 4.83. The number of rotatable bonds is 5. The van der Waals surface area contributed by atoms with Gasteiger partial charge in [-0.25, -0.2) is 4.79 Å². The molecule has 0 unspecified atom stereocenters. The SMILES string of the molecule is CCN(CC)c1cc(C(=O)OC)cc(N2CCCC2=O)c1. The Hall–Kier alpha value is -2.04. The van der Waals surface area contributed by atoms with Gasteiger partial charge in [-0.3, -0.25) is 4.79 Å². The van der Waals surface area contributed by atoms with E-state index in [2.05, 4.69) is 18.7 Å². The highest BCUT2D eigenvalue weighted by Crippen LogP contribution is 2.28. The van der Waals surface area contributed by atoms with Crippen LogP contribution in [0.15, 0.2) is 18.2 Å². The molecule has 1 aromatic carbocycles. The zero-order valence-corrected chi connectivity index (χ0v) is 12.9. The van der Waals surface area contributed by atoms with Crippen LogP contribution in [-0.4, -0.2) is 38.6 Å². The van der Waals surface area contributed by atoms with Crippen LogP contribution in [0.4, 0.5) is 11.4 Å². The maximum atomic E-state index is 11.9. The van der Waals surface area contributed by atoms with Crippen molar-refractivity contribution in [3.63, 3.8) is 0 Å². The van der Waals surface area contributed by atoms with Crippen molar-refractivity contribution in [1.82, 2.24) is 0 Å². The van der Waals surface area contributed by atoms with Gasteiger partial charge in [0.1, 0.15) is 0 Å². The number of benzene rings is 1. The number of hydrogen-bond acceptors (Lipinski definition) is 4. The van der Waals surface area contributed by atoms with Crippen molar-refractivity contribution >= 4 is 23.3 Å². The van der Waals surface area contributed by atoms with E-state index < -0.39 is 0 Å². The second kappa shape index (κ2) is 6.61. The lowest BCUT2D eigenvalue weighted by Crippen LogP contribution is -2.26. The fourth-order valence-corrected chi connectivity index (χ4v) is 2.68. The quantitative estimate of drug-likeness (QED) is 0.782. The lowest BCUT2D eigenvalue weighted by molar-refractivity contribution is -0.117. The van der Waals surface area contributed by atoms with Crippen LogP contribution < -0.4 is 9.80 Å². The number of nitrogens with zero attached hydrogens (tertiary/aromatic N) is 2. The van der Waals surface area contributed by atoms with Crippen LogP contribution in [0.5, 0.6) is 0 Å². The van der Waals surface area contributed by atoms with Gasteiger partial charge in [0.05, 0.1) is 12.7 Å². The predicted molar refractivity (Wildman–Crippen MR) is 82.9 cm³/mol. The monoisotopic (exact) mass is 290 g/mol. The molecule has 1 fully saturated rings. The Morgan fingerprint density at radius 1 is 1.29 bits per heavy atom. The molecule has 5 nitrogen and oxygen atoms in total. The van der Waals surface area contributed by atoms with Gasteiger partial charge in [-0.1, -0.05) is 0 Å². The number of carbonyl (C=O) groups excluding carboxylic acids is 2. The molecular formula is C16H22N2O3. The van der Waals surface area contributed by atoms with Gasteiger partial charge >= 0.3 is 5.97 Å². The first-order chi connectivity index (χ1) is 10.1. The van der Waals surface area contributed by atoms with E-state index in [1.54, 1.807) is 11.0 Å². The van der Waals surface area contributed by atoms with Gasteiger partial charge in [0.15, 0.2) is 0 Å². The average Bonchev–Trinajstić information content (AvgIpc) is 2.93. The first-order valence-corrected chi connectivity index (χ1v) is 7.39. The van der Waals surface area contributed by atoms with Crippen molar-refractivity contribution < 1.29 is 14.3 Å². The molecule has 0 spiro atoms. The third-order valence-corrected chi connectivity index (χ3v) is 3.84. The summed E-state index contributed by atoms with van der Waals surface area (Å²) < 4.78 is 4.82. The molecule has 5 heteroatoms. The Morgan fingerprint density at radius 2 is 2.00 bits per heavy atom. The van der Waals surface area contributed by atoms with Crippen LogP contribution in [0, 0.1) is 0 Å². The third kappa shape index (κ3) is 3.17. The van der Waals surface area contributed by atoms with Crippen molar-refractivity contribution in [2.24, 2.45) is 0 Å². The van der Waals surface area contributed by atoms with Crippen molar-refractivity contribution in [3.05, 3.63) is 23.8 Å². The number of hydrogen-bond donors (Lipinski definition) is 0. The van der Waals surface area contributed by atoms with Crippen LogP contribution in [0.2, 0.25) is 0 Å². The van der Waals surface area contributed by atoms with E-state index in [1.165, 1.54) is 7.11 Å². The summed E-state index contributed by atoms with van der Waals surface area (Å²) in [5.74, 6) is -0.264. The summed E-state index contributed by atoms with van der Waals surface area (Å²) in [6, 6.07) is 5.54. The number of carbonyl (C=O) groups is 2. The number of amides is 1. The van der Waals surface area contributed by atoms with E-state index in [1.807, 2.05) is 12.1 Å².